The molecule has 1 aromatic rings. The molecule has 8 nitrogen and oxygen atoms in total. The zero-order valence-electron chi connectivity index (χ0n) is 17.9. The van der Waals surface area contributed by atoms with Crippen LogP contribution in [0.5, 0.6) is 0 Å². The monoisotopic (exact) mass is 439 g/mol. The molecule has 1 unspecified atom stereocenters. The number of nitrogens with one attached hydrogen (secondary N) is 1. The predicted octanol–water partition coefficient (Wildman–Crippen LogP) is 2.45. The summed E-state index contributed by atoms with van der Waals surface area (Å²) in [6.45, 7) is 2.66. The summed E-state index contributed by atoms with van der Waals surface area (Å²) in [5, 5.41) is 2.86. The summed E-state index contributed by atoms with van der Waals surface area (Å²) < 4.78 is 38.6. The van der Waals surface area contributed by atoms with Gasteiger partial charge in [-0.05, 0) is 43.9 Å². The maximum atomic E-state index is 13.0. The average Bonchev–Trinajstić information content (AvgIpc) is 3.25. The lowest BCUT2D eigenvalue weighted by molar-refractivity contribution is -0.117. The van der Waals surface area contributed by atoms with Crippen molar-refractivity contribution in [3.63, 3.8) is 0 Å². The van der Waals surface area contributed by atoms with Crippen molar-refractivity contribution in [2.24, 2.45) is 0 Å². The summed E-state index contributed by atoms with van der Waals surface area (Å²) in [5.41, 5.74) is 1.24. The van der Waals surface area contributed by atoms with Crippen LogP contribution in [-0.2, 0) is 24.3 Å². The molecule has 2 fully saturated rings. The van der Waals surface area contributed by atoms with Gasteiger partial charge in [-0.2, -0.15) is 4.31 Å². The summed E-state index contributed by atoms with van der Waals surface area (Å²) in [6, 6.07) is 4.91. The number of ether oxygens (including phenoxy) is 2. The molecule has 1 atom stereocenters. The largest absolute Gasteiger partial charge is 0.378 e. The minimum absolute atomic E-state index is 0.130. The number of rotatable bonds is 9. The molecule has 0 aromatic heterocycles. The van der Waals surface area contributed by atoms with Gasteiger partial charge in [0.1, 0.15) is 0 Å². The maximum Gasteiger partial charge on any atom is 0.243 e. The van der Waals surface area contributed by atoms with Gasteiger partial charge in [0.2, 0.25) is 15.9 Å². The molecule has 1 aromatic carbocycles. The molecule has 2 aliphatic rings. The highest BCUT2D eigenvalue weighted by molar-refractivity contribution is 7.89. The quantitative estimate of drug-likeness (QED) is 0.595. The fraction of sp³-hybridized carbons (Fsp3) is 0.667. The van der Waals surface area contributed by atoms with E-state index in [9.17, 15) is 13.2 Å². The second-order valence-electron chi connectivity index (χ2n) is 8.05. The summed E-state index contributed by atoms with van der Waals surface area (Å²) >= 11 is 0. The molecule has 0 radical (unpaired) electrons. The van der Waals surface area contributed by atoms with Crippen LogP contribution in [0.1, 0.15) is 38.5 Å². The molecule has 30 heavy (non-hydrogen) atoms. The Bertz CT molecular complexity index is 816. The van der Waals surface area contributed by atoms with E-state index in [2.05, 4.69) is 5.32 Å². The first-order chi connectivity index (χ1) is 14.4. The molecule has 0 saturated carbocycles. The second-order valence-corrected chi connectivity index (χ2v) is 9.98. The molecule has 9 heteroatoms. The van der Waals surface area contributed by atoms with E-state index in [-0.39, 0.29) is 23.3 Å². The summed E-state index contributed by atoms with van der Waals surface area (Å²) in [7, 11) is 0.143. The molecule has 0 aliphatic carbocycles. The average molecular weight is 440 g/mol. The van der Waals surface area contributed by atoms with E-state index in [0.29, 0.717) is 32.0 Å². The van der Waals surface area contributed by atoms with Crippen molar-refractivity contribution in [2.75, 3.05) is 57.2 Å². The zero-order chi connectivity index (χ0) is 21.6. The van der Waals surface area contributed by atoms with Gasteiger partial charge in [0.15, 0.2) is 0 Å². The van der Waals surface area contributed by atoms with Crippen LogP contribution >= 0.6 is 0 Å². The number of piperidine rings is 1. The van der Waals surface area contributed by atoms with Crippen LogP contribution in [0.15, 0.2) is 23.1 Å². The number of carbonyl (C=O) groups excluding carboxylic acids is 1. The van der Waals surface area contributed by atoms with E-state index in [1.807, 2.05) is 19.0 Å². The van der Waals surface area contributed by atoms with Gasteiger partial charge < -0.3 is 19.7 Å². The third-order valence-electron chi connectivity index (χ3n) is 5.48. The predicted molar refractivity (Wildman–Crippen MR) is 116 cm³/mol. The van der Waals surface area contributed by atoms with E-state index < -0.39 is 10.0 Å². The van der Waals surface area contributed by atoms with Crippen LogP contribution in [0, 0.1) is 0 Å². The van der Waals surface area contributed by atoms with E-state index in [4.69, 9.17) is 9.47 Å². The Balaban J connectivity index is 1.64. The Hall–Kier alpha value is -1.68. The Morgan fingerprint density at radius 3 is 2.67 bits per heavy atom. The number of hydrogen-bond acceptors (Lipinski definition) is 6. The van der Waals surface area contributed by atoms with Crippen LogP contribution in [0.2, 0.25) is 0 Å². The third kappa shape index (κ3) is 5.94. The highest BCUT2D eigenvalue weighted by Gasteiger charge is 2.27. The number of anilines is 2. The van der Waals surface area contributed by atoms with Crippen molar-refractivity contribution in [3.05, 3.63) is 18.2 Å². The summed E-state index contributed by atoms with van der Waals surface area (Å²) in [6.07, 6.45) is 5.19. The van der Waals surface area contributed by atoms with Crippen LogP contribution in [-0.4, -0.2) is 71.7 Å². The fourth-order valence-corrected chi connectivity index (χ4v) is 5.33. The Labute approximate surface area is 179 Å². The van der Waals surface area contributed by atoms with Crippen molar-refractivity contribution in [2.45, 2.75) is 49.5 Å². The summed E-state index contributed by atoms with van der Waals surface area (Å²) in [4.78, 5) is 14.5. The van der Waals surface area contributed by atoms with Crippen LogP contribution in [0.3, 0.4) is 0 Å². The van der Waals surface area contributed by atoms with E-state index in [0.717, 1.165) is 44.4 Å². The highest BCUT2D eigenvalue weighted by atomic mass is 32.2. The molecule has 0 bridgehead atoms. The van der Waals surface area contributed by atoms with Gasteiger partial charge in [-0.25, -0.2) is 8.42 Å². The molecule has 1 N–H and O–H groups in total. The van der Waals surface area contributed by atoms with Gasteiger partial charge in [0.25, 0.3) is 0 Å². The zero-order valence-corrected chi connectivity index (χ0v) is 18.7. The molecule has 0 spiro atoms. The number of nitrogens with zero attached hydrogens (tertiary/aromatic N) is 2. The number of carbonyl (C=O) groups is 1. The SMILES string of the molecule is CN(C)c1ccc(S(=O)(=O)N2CCCCC2)cc1NC(=O)CCOCC1CCCO1. The molecule has 1 amide bonds. The molecular weight excluding hydrogens is 406 g/mol. The standard InChI is InChI=1S/C21H33N3O5S/c1-23(2)20-9-8-18(30(26,27)24-11-4-3-5-12-24)15-19(20)22-21(25)10-14-28-16-17-7-6-13-29-17/h8-9,15,17H,3-7,10-14,16H2,1-2H3,(H,22,25). The lowest BCUT2D eigenvalue weighted by Gasteiger charge is -2.26. The van der Waals surface area contributed by atoms with Crippen molar-refractivity contribution in [1.29, 1.82) is 0 Å². The highest BCUT2D eigenvalue weighted by Crippen LogP contribution is 2.30. The van der Waals surface area contributed by atoms with Gasteiger partial charge >= 0.3 is 0 Å². The minimum Gasteiger partial charge on any atom is -0.378 e. The molecular formula is C21H33N3O5S. The lowest BCUT2D eigenvalue weighted by Crippen LogP contribution is -2.35. The van der Waals surface area contributed by atoms with Crippen LogP contribution in [0.4, 0.5) is 11.4 Å². The number of sulfonamides is 1. The van der Waals surface area contributed by atoms with Gasteiger partial charge in [-0.15, -0.1) is 0 Å². The Morgan fingerprint density at radius 1 is 1.23 bits per heavy atom. The molecule has 168 valence electrons. The first-order valence-electron chi connectivity index (χ1n) is 10.7. The van der Waals surface area contributed by atoms with Gasteiger partial charge in [0, 0.05) is 33.8 Å². The molecule has 2 heterocycles. The van der Waals surface area contributed by atoms with Crippen molar-refractivity contribution < 1.29 is 22.7 Å². The number of amides is 1. The van der Waals surface area contributed by atoms with Gasteiger partial charge in [-0.3, -0.25) is 4.79 Å². The number of hydrogen-bond donors (Lipinski definition) is 1. The van der Waals surface area contributed by atoms with Crippen molar-refractivity contribution >= 4 is 27.3 Å². The van der Waals surface area contributed by atoms with Crippen molar-refractivity contribution in [1.82, 2.24) is 4.31 Å². The Morgan fingerprint density at radius 2 is 2.00 bits per heavy atom. The normalized spacial score (nSPS) is 20.3. The van der Waals surface area contributed by atoms with E-state index >= 15 is 0 Å². The Kier molecular flexibility index (Phi) is 8.10. The van der Waals surface area contributed by atoms with Crippen LogP contribution < -0.4 is 10.2 Å². The first-order valence-corrected chi connectivity index (χ1v) is 12.1. The van der Waals surface area contributed by atoms with Crippen LogP contribution in [0.25, 0.3) is 0 Å². The first kappa shape index (κ1) is 23.0. The summed E-state index contributed by atoms with van der Waals surface area (Å²) in [5.74, 6) is -0.210. The molecule has 2 saturated heterocycles. The fourth-order valence-electron chi connectivity index (χ4n) is 3.79. The maximum absolute atomic E-state index is 13.0. The second kappa shape index (κ2) is 10.6. The number of benzene rings is 1. The minimum atomic E-state index is -3.57. The van der Waals surface area contributed by atoms with Crippen molar-refractivity contribution in [3.8, 4) is 0 Å². The van der Waals surface area contributed by atoms with E-state index in [1.54, 1.807) is 18.2 Å². The van der Waals surface area contributed by atoms with Gasteiger partial charge in [0.05, 0.1) is 42.0 Å². The topological polar surface area (TPSA) is 88.2 Å². The third-order valence-corrected chi connectivity index (χ3v) is 7.37. The smallest absolute Gasteiger partial charge is 0.243 e. The van der Waals surface area contributed by atoms with E-state index in [1.165, 1.54) is 4.31 Å². The lowest BCUT2D eigenvalue weighted by atomic mass is 10.2. The molecule has 2 aliphatic heterocycles. The van der Waals surface area contributed by atoms with Gasteiger partial charge in [-0.1, -0.05) is 6.42 Å². The molecule has 3 rings (SSSR count).